The number of hydrogen-bond donors (Lipinski definition) is 3. The fourth-order valence-corrected chi connectivity index (χ4v) is 3.59. The average Bonchev–Trinajstić information content (AvgIpc) is 3.18. The van der Waals surface area contributed by atoms with Crippen LogP contribution in [-0.4, -0.2) is 26.8 Å². The highest BCUT2D eigenvalue weighted by atomic mass is 35.5. The van der Waals surface area contributed by atoms with Gasteiger partial charge in [-0.25, -0.2) is 9.48 Å². The fourth-order valence-electron chi connectivity index (χ4n) is 3.35. The molecule has 30 heavy (non-hydrogen) atoms. The molecule has 0 bridgehead atoms. The third kappa shape index (κ3) is 3.67. The molecule has 2 aromatic carbocycles. The second-order valence-electron chi connectivity index (χ2n) is 6.83. The van der Waals surface area contributed by atoms with Crippen LogP contribution in [0.5, 0.6) is 0 Å². The van der Waals surface area contributed by atoms with Crippen LogP contribution < -0.4 is 10.6 Å². The highest BCUT2D eigenvalue weighted by Crippen LogP contribution is 2.35. The number of fused-ring (bicyclic) bond motifs is 1. The summed E-state index contributed by atoms with van der Waals surface area (Å²) >= 11 is 6.34. The van der Waals surface area contributed by atoms with Gasteiger partial charge in [-0.3, -0.25) is 4.79 Å². The summed E-state index contributed by atoms with van der Waals surface area (Å²) in [4.78, 5) is 24.6. The van der Waals surface area contributed by atoms with E-state index < -0.39 is 17.9 Å². The molecule has 1 amide bonds. The number of aryl methyl sites for hydroxylation is 1. The third-order valence-electron chi connectivity index (χ3n) is 4.96. The van der Waals surface area contributed by atoms with Gasteiger partial charge in [0.05, 0.1) is 6.20 Å². The first-order chi connectivity index (χ1) is 14.5. The lowest BCUT2D eigenvalue weighted by atomic mass is 10.0. The quantitative estimate of drug-likeness (QED) is 0.568. The Balaban J connectivity index is 1.70. The van der Waals surface area contributed by atoms with Crippen LogP contribution in [0.2, 0.25) is 5.02 Å². The maximum Gasteiger partial charge on any atom is 0.352 e. The smallest absolute Gasteiger partial charge is 0.352 e. The second kappa shape index (κ2) is 8.04. The number of aliphatic carboxylic acids is 1. The van der Waals surface area contributed by atoms with Gasteiger partial charge in [-0.1, -0.05) is 48.9 Å². The fraction of sp³-hybridized carbons (Fsp3) is 0.136. The lowest BCUT2D eigenvalue weighted by molar-refractivity contribution is -0.132. The first-order valence-corrected chi connectivity index (χ1v) is 9.80. The molecule has 3 N–H and O–H groups in total. The molecule has 1 aliphatic heterocycles. The molecule has 0 saturated carbocycles. The highest BCUT2D eigenvalue weighted by Gasteiger charge is 2.30. The van der Waals surface area contributed by atoms with Gasteiger partial charge in [0.15, 0.2) is 0 Å². The monoisotopic (exact) mass is 422 g/mol. The molecule has 0 spiro atoms. The molecular formula is C22H19ClN4O3. The summed E-state index contributed by atoms with van der Waals surface area (Å²) in [5.41, 5.74) is 2.68. The summed E-state index contributed by atoms with van der Waals surface area (Å²) in [6.45, 7) is 2.06. The van der Waals surface area contributed by atoms with Gasteiger partial charge in [-0.15, -0.1) is 0 Å². The number of nitrogens with one attached hydrogen (secondary N) is 2. The van der Waals surface area contributed by atoms with Crippen molar-refractivity contribution < 1.29 is 14.7 Å². The molecule has 0 fully saturated rings. The van der Waals surface area contributed by atoms with Gasteiger partial charge in [0.2, 0.25) is 0 Å². The van der Waals surface area contributed by atoms with Gasteiger partial charge in [-0.05, 0) is 41.8 Å². The summed E-state index contributed by atoms with van der Waals surface area (Å²) in [7, 11) is 0. The van der Waals surface area contributed by atoms with Crippen LogP contribution in [0.1, 0.15) is 34.5 Å². The molecule has 152 valence electrons. The summed E-state index contributed by atoms with van der Waals surface area (Å²) in [5, 5.41) is 20.0. The van der Waals surface area contributed by atoms with E-state index in [1.54, 1.807) is 22.9 Å². The summed E-state index contributed by atoms with van der Waals surface area (Å²) in [5.74, 6) is -1.24. The Morgan fingerprint density at radius 2 is 1.93 bits per heavy atom. The summed E-state index contributed by atoms with van der Waals surface area (Å²) in [6, 6.07) is 14.1. The molecule has 2 heterocycles. The number of aromatic nitrogens is 2. The van der Waals surface area contributed by atoms with Crippen molar-refractivity contribution in [2.24, 2.45) is 0 Å². The molecule has 1 atom stereocenters. The molecule has 0 radical (unpaired) electrons. The first kappa shape index (κ1) is 19.7. The van der Waals surface area contributed by atoms with Crippen LogP contribution in [0.4, 0.5) is 11.5 Å². The lowest BCUT2D eigenvalue weighted by Gasteiger charge is -2.25. The number of benzene rings is 2. The number of nitrogens with zero attached hydrogens (tertiary/aromatic N) is 2. The van der Waals surface area contributed by atoms with E-state index in [0.29, 0.717) is 22.1 Å². The molecule has 4 rings (SSSR count). The molecule has 0 aliphatic carbocycles. The summed E-state index contributed by atoms with van der Waals surface area (Å²) < 4.78 is 1.56. The van der Waals surface area contributed by atoms with E-state index in [9.17, 15) is 14.7 Å². The van der Waals surface area contributed by atoms with Crippen molar-refractivity contribution in [2.75, 3.05) is 10.6 Å². The van der Waals surface area contributed by atoms with Crippen LogP contribution in [0, 0.1) is 0 Å². The largest absolute Gasteiger partial charge is 0.477 e. The Kier molecular flexibility index (Phi) is 5.29. The van der Waals surface area contributed by atoms with Crippen molar-refractivity contribution in [3.63, 3.8) is 0 Å². The van der Waals surface area contributed by atoms with Gasteiger partial charge in [0.25, 0.3) is 5.91 Å². The van der Waals surface area contributed by atoms with E-state index in [2.05, 4.69) is 22.7 Å². The zero-order valence-electron chi connectivity index (χ0n) is 16.1. The van der Waals surface area contributed by atoms with Crippen LogP contribution in [0.15, 0.2) is 66.5 Å². The summed E-state index contributed by atoms with van der Waals surface area (Å²) in [6.07, 6.45) is 3.85. The minimum atomic E-state index is -1.14. The second-order valence-corrected chi connectivity index (χ2v) is 7.24. The molecule has 1 aromatic heterocycles. The van der Waals surface area contributed by atoms with Crippen molar-refractivity contribution in [3.8, 4) is 0 Å². The van der Waals surface area contributed by atoms with Gasteiger partial charge < -0.3 is 15.7 Å². The normalized spacial score (nSPS) is 15.0. The first-order valence-electron chi connectivity index (χ1n) is 9.42. The minimum Gasteiger partial charge on any atom is -0.477 e. The van der Waals surface area contributed by atoms with Crippen LogP contribution in [-0.2, 0) is 11.2 Å². The molecular weight excluding hydrogens is 404 g/mol. The van der Waals surface area contributed by atoms with Gasteiger partial charge in [0, 0.05) is 10.7 Å². The number of carbonyl (C=O) groups is 2. The SMILES string of the molecule is CCc1ccc(NC(=O)c2cnn3c2NC(C(=O)O)=C[C@H]3c2ccccc2Cl)cc1. The Hall–Kier alpha value is -3.58. The van der Waals surface area contributed by atoms with Gasteiger partial charge in [-0.2, -0.15) is 5.10 Å². The molecule has 8 heteroatoms. The number of anilines is 2. The average molecular weight is 423 g/mol. The standard InChI is InChI=1S/C22H19ClN4O3/c1-2-13-7-9-14(10-8-13)25-21(28)16-12-24-27-19(15-5-3-4-6-17(15)23)11-18(22(29)30)26-20(16)27/h3-12,19,26H,2H2,1H3,(H,25,28)(H,29,30)/t19-/m0/s1. The number of halogens is 1. The molecule has 7 nitrogen and oxygen atoms in total. The number of allylic oxidation sites excluding steroid dienone is 1. The Morgan fingerprint density at radius 3 is 2.60 bits per heavy atom. The number of hydrogen-bond acceptors (Lipinski definition) is 4. The van der Waals surface area contributed by atoms with E-state index in [4.69, 9.17) is 11.6 Å². The Bertz CT molecular complexity index is 1150. The van der Waals surface area contributed by atoms with E-state index >= 15 is 0 Å². The van der Waals surface area contributed by atoms with Crippen LogP contribution >= 0.6 is 11.6 Å². The van der Waals surface area contributed by atoms with E-state index in [-0.39, 0.29) is 11.3 Å². The van der Waals surface area contributed by atoms with Crippen molar-refractivity contribution in [2.45, 2.75) is 19.4 Å². The van der Waals surface area contributed by atoms with Gasteiger partial charge >= 0.3 is 5.97 Å². The molecule has 3 aromatic rings. The van der Waals surface area contributed by atoms with Crippen LogP contribution in [0.3, 0.4) is 0 Å². The van der Waals surface area contributed by atoms with Crippen molar-refractivity contribution >= 4 is 35.0 Å². The van der Waals surface area contributed by atoms with Gasteiger partial charge in [0.1, 0.15) is 23.1 Å². The maximum absolute atomic E-state index is 12.9. The zero-order chi connectivity index (χ0) is 21.3. The predicted molar refractivity (Wildman–Crippen MR) is 115 cm³/mol. The maximum atomic E-state index is 12.9. The van der Waals surface area contributed by atoms with E-state index in [0.717, 1.165) is 12.0 Å². The number of amides is 1. The molecule has 0 saturated heterocycles. The predicted octanol–water partition coefficient (Wildman–Crippen LogP) is 4.33. The van der Waals surface area contributed by atoms with E-state index in [1.807, 2.05) is 30.3 Å². The molecule has 0 unspecified atom stereocenters. The van der Waals surface area contributed by atoms with E-state index in [1.165, 1.54) is 12.3 Å². The number of carboxylic acid groups (broad SMARTS) is 1. The highest BCUT2D eigenvalue weighted by molar-refractivity contribution is 6.31. The van der Waals surface area contributed by atoms with Crippen molar-refractivity contribution in [1.82, 2.24) is 9.78 Å². The number of carboxylic acids is 1. The Morgan fingerprint density at radius 1 is 1.20 bits per heavy atom. The minimum absolute atomic E-state index is 0.0470. The number of rotatable bonds is 5. The topological polar surface area (TPSA) is 96.3 Å². The lowest BCUT2D eigenvalue weighted by Crippen LogP contribution is -2.25. The third-order valence-corrected chi connectivity index (χ3v) is 5.30. The molecule has 1 aliphatic rings. The van der Waals surface area contributed by atoms with Crippen LogP contribution in [0.25, 0.3) is 0 Å². The number of carbonyl (C=O) groups excluding carboxylic acids is 1. The zero-order valence-corrected chi connectivity index (χ0v) is 16.8. The Labute approximate surface area is 178 Å². The van der Waals surface area contributed by atoms with Crippen molar-refractivity contribution in [1.29, 1.82) is 0 Å². The van der Waals surface area contributed by atoms with Crippen molar-refractivity contribution in [3.05, 3.63) is 88.2 Å².